The minimum absolute atomic E-state index is 0.217. The number of H-pyrrole nitrogens is 1. The number of nitrogens with one attached hydrogen (secondary N) is 3. The van der Waals surface area contributed by atoms with Crippen LogP contribution in [0.15, 0.2) is 4.79 Å². The maximum Gasteiger partial charge on any atom is 0.255 e. The summed E-state index contributed by atoms with van der Waals surface area (Å²) in [5.74, 6) is -0.0285. The molecule has 0 aliphatic heterocycles. The molecule has 6 heteroatoms. The van der Waals surface area contributed by atoms with Crippen LogP contribution in [0.4, 0.5) is 5.95 Å². The lowest BCUT2D eigenvalue weighted by atomic mass is 10.3. The van der Waals surface area contributed by atoms with Crippen molar-refractivity contribution in [3.8, 4) is 0 Å². The third-order valence-corrected chi connectivity index (χ3v) is 1.75. The molecule has 1 rings (SSSR count). The second-order valence-electron chi connectivity index (χ2n) is 2.93. The van der Waals surface area contributed by atoms with Crippen LogP contribution >= 0.6 is 0 Å². The van der Waals surface area contributed by atoms with Crippen molar-refractivity contribution in [3.63, 3.8) is 0 Å². The highest BCUT2D eigenvalue weighted by atomic mass is 16.2. The van der Waals surface area contributed by atoms with Crippen molar-refractivity contribution in [2.24, 2.45) is 0 Å². The Kier molecular flexibility index (Phi) is 2.85. The molecule has 1 amide bonds. The van der Waals surface area contributed by atoms with Crippen molar-refractivity contribution in [1.82, 2.24) is 15.4 Å². The van der Waals surface area contributed by atoms with E-state index >= 15 is 0 Å². The summed E-state index contributed by atoms with van der Waals surface area (Å²) in [6, 6.07) is 0. The van der Waals surface area contributed by atoms with Crippen LogP contribution in [-0.4, -0.2) is 15.9 Å². The third-order valence-electron chi connectivity index (χ3n) is 1.75. The predicted molar refractivity (Wildman–Crippen MR) is 51.8 cm³/mol. The highest BCUT2D eigenvalue weighted by molar-refractivity contribution is 5.73. The molecule has 1 heterocycles. The molecule has 1 aromatic heterocycles. The van der Waals surface area contributed by atoms with Gasteiger partial charge in [-0.3, -0.25) is 25.4 Å². The second kappa shape index (κ2) is 3.91. The Labute approximate surface area is 80.7 Å². The molecule has 0 saturated heterocycles. The van der Waals surface area contributed by atoms with E-state index in [2.05, 4.69) is 20.8 Å². The molecule has 1 aromatic rings. The summed E-state index contributed by atoms with van der Waals surface area (Å²) < 4.78 is 0. The van der Waals surface area contributed by atoms with Gasteiger partial charge in [-0.05, 0) is 13.8 Å². The monoisotopic (exact) mass is 196 g/mol. The molecule has 0 radical (unpaired) electrons. The van der Waals surface area contributed by atoms with Crippen molar-refractivity contribution in [2.75, 3.05) is 5.43 Å². The molecular weight excluding hydrogens is 184 g/mol. The fraction of sp³-hybridized carbons (Fsp3) is 0.375. The summed E-state index contributed by atoms with van der Waals surface area (Å²) in [4.78, 5) is 28.3. The van der Waals surface area contributed by atoms with Gasteiger partial charge in [0, 0.05) is 18.2 Å². The van der Waals surface area contributed by atoms with Crippen molar-refractivity contribution < 1.29 is 4.79 Å². The zero-order valence-electron chi connectivity index (χ0n) is 8.26. The predicted octanol–water partition coefficient (Wildman–Crippen LogP) is -0.150. The standard InChI is InChI=1S/C8H12N4O2/c1-4-5(2)9-8(10-7(4)14)12-11-6(3)13/h1-3H3,(H,11,13)(H2,9,10,12,14). The lowest BCUT2D eigenvalue weighted by molar-refractivity contribution is -0.118. The van der Waals surface area contributed by atoms with Crippen LogP contribution < -0.4 is 16.4 Å². The number of aryl methyl sites for hydroxylation is 1. The van der Waals surface area contributed by atoms with Crippen LogP contribution in [0.3, 0.4) is 0 Å². The first-order chi connectivity index (χ1) is 6.50. The normalized spacial score (nSPS) is 9.64. The number of anilines is 1. The second-order valence-corrected chi connectivity index (χ2v) is 2.93. The zero-order valence-corrected chi connectivity index (χ0v) is 8.26. The Hall–Kier alpha value is -1.85. The lowest BCUT2D eigenvalue weighted by Crippen LogP contribution is -2.29. The molecule has 0 fully saturated rings. The van der Waals surface area contributed by atoms with Gasteiger partial charge in [0.2, 0.25) is 11.9 Å². The smallest absolute Gasteiger partial charge is 0.255 e. The highest BCUT2D eigenvalue weighted by Gasteiger charge is 2.02. The van der Waals surface area contributed by atoms with Crippen molar-refractivity contribution in [3.05, 3.63) is 21.6 Å². The van der Waals surface area contributed by atoms with E-state index in [4.69, 9.17) is 0 Å². The summed E-state index contributed by atoms with van der Waals surface area (Å²) in [5.41, 5.74) is 5.78. The number of amides is 1. The average molecular weight is 196 g/mol. The average Bonchev–Trinajstić information content (AvgIpc) is 2.10. The van der Waals surface area contributed by atoms with Gasteiger partial charge in [-0.25, -0.2) is 4.98 Å². The lowest BCUT2D eigenvalue weighted by Gasteiger charge is -2.06. The van der Waals surface area contributed by atoms with Gasteiger partial charge >= 0.3 is 0 Å². The fourth-order valence-corrected chi connectivity index (χ4v) is 0.852. The Morgan fingerprint density at radius 2 is 2.07 bits per heavy atom. The number of hydrazine groups is 1. The van der Waals surface area contributed by atoms with Crippen molar-refractivity contribution in [1.29, 1.82) is 0 Å². The summed E-state index contributed by atoms with van der Waals surface area (Å²) in [5, 5.41) is 0. The van der Waals surface area contributed by atoms with E-state index in [1.54, 1.807) is 13.8 Å². The van der Waals surface area contributed by atoms with Gasteiger partial charge in [0.15, 0.2) is 0 Å². The maximum absolute atomic E-state index is 11.3. The molecule has 14 heavy (non-hydrogen) atoms. The van der Waals surface area contributed by atoms with Crippen LogP contribution in [0, 0.1) is 13.8 Å². The molecule has 0 aliphatic carbocycles. The Balaban J connectivity index is 2.90. The number of nitrogens with zero attached hydrogens (tertiary/aromatic N) is 1. The van der Waals surface area contributed by atoms with Gasteiger partial charge in [0.05, 0.1) is 0 Å². The summed E-state index contributed by atoms with van der Waals surface area (Å²) in [7, 11) is 0. The molecule has 0 unspecified atom stereocenters. The number of aromatic nitrogens is 2. The van der Waals surface area contributed by atoms with Crippen LogP contribution in [0.5, 0.6) is 0 Å². The van der Waals surface area contributed by atoms with Gasteiger partial charge in [-0.1, -0.05) is 0 Å². The Bertz CT molecular complexity index is 410. The van der Waals surface area contributed by atoms with E-state index in [0.717, 1.165) is 0 Å². The molecule has 3 N–H and O–H groups in total. The van der Waals surface area contributed by atoms with Crippen LogP contribution in [0.25, 0.3) is 0 Å². The molecule has 0 atom stereocenters. The number of hydrogen-bond acceptors (Lipinski definition) is 4. The zero-order chi connectivity index (χ0) is 10.7. The largest absolute Gasteiger partial charge is 0.291 e. The topological polar surface area (TPSA) is 86.9 Å². The van der Waals surface area contributed by atoms with E-state index < -0.39 is 0 Å². The number of carbonyl (C=O) groups excluding carboxylic acids is 1. The van der Waals surface area contributed by atoms with Crippen molar-refractivity contribution in [2.45, 2.75) is 20.8 Å². The van der Waals surface area contributed by atoms with Gasteiger partial charge in [-0.2, -0.15) is 0 Å². The quantitative estimate of drug-likeness (QED) is 0.574. The first kappa shape index (κ1) is 10.2. The molecule has 0 aliphatic rings. The Morgan fingerprint density at radius 1 is 1.43 bits per heavy atom. The van der Waals surface area contributed by atoms with E-state index in [-0.39, 0.29) is 17.4 Å². The number of aromatic amines is 1. The first-order valence-corrected chi connectivity index (χ1v) is 4.11. The summed E-state index contributed by atoms with van der Waals surface area (Å²) >= 11 is 0. The number of hydrogen-bond donors (Lipinski definition) is 3. The molecule has 0 bridgehead atoms. The fourth-order valence-electron chi connectivity index (χ4n) is 0.852. The SMILES string of the molecule is CC(=O)NNc1nc(C)c(C)c(=O)[nH]1. The van der Waals surface area contributed by atoms with E-state index in [1.165, 1.54) is 6.92 Å². The van der Waals surface area contributed by atoms with Crippen LogP contribution in [0.1, 0.15) is 18.2 Å². The molecule has 76 valence electrons. The van der Waals surface area contributed by atoms with Gasteiger partial charge in [0.25, 0.3) is 5.56 Å². The number of rotatable bonds is 2. The number of carbonyl (C=O) groups is 1. The van der Waals surface area contributed by atoms with Gasteiger partial charge in [0.1, 0.15) is 0 Å². The minimum Gasteiger partial charge on any atom is -0.291 e. The van der Waals surface area contributed by atoms with Crippen LogP contribution in [-0.2, 0) is 4.79 Å². The first-order valence-electron chi connectivity index (χ1n) is 4.11. The van der Waals surface area contributed by atoms with Crippen LogP contribution in [0.2, 0.25) is 0 Å². The molecule has 0 spiro atoms. The highest BCUT2D eigenvalue weighted by Crippen LogP contribution is 1.98. The van der Waals surface area contributed by atoms with E-state index in [9.17, 15) is 9.59 Å². The molecule has 0 saturated carbocycles. The maximum atomic E-state index is 11.3. The van der Waals surface area contributed by atoms with Gasteiger partial charge < -0.3 is 0 Å². The van der Waals surface area contributed by atoms with E-state index in [0.29, 0.717) is 11.3 Å². The van der Waals surface area contributed by atoms with E-state index in [1.807, 2.05) is 0 Å². The molecule has 0 aromatic carbocycles. The summed E-state index contributed by atoms with van der Waals surface area (Å²) in [6.07, 6.45) is 0. The van der Waals surface area contributed by atoms with Crippen molar-refractivity contribution >= 4 is 11.9 Å². The molecular formula is C8H12N4O2. The minimum atomic E-state index is -0.258. The van der Waals surface area contributed by atoms with Gasteiger partial charge in [-0.15, -0.1) is 0 Å². The summed E-state index contributed by atoms with van der Waals surface area (Å²) in [6.45, 7) is 4.76. The Morgan fingerprint density at radius 3 is 2.57 bits per heavy atom. The molecule has 6 nitrogen and oxygen atoms in total. The third kappa shape index (κ3) is 2.32.